The van der Waals surface area contributed by atoms with E-state index in [4.69, 9.17) is 5.11 Å². The van der Waals surface area contributed by atoms with Gasteiger partial charge in [-0.3, -0.25) is 10.1 Å². The predicted molar refractivity (Wildman–Crippen MR) is 62.3 cm³/mol. The molecule has 15 heavy (non-hydrogen) atoms. The van der Waals surface area contributed by atoms with Crippen molar-refractivity contribution >= 4 is 17.3 Å². The van der Waals surface area contributed by atoms with Crippen LogP contribution < -0.4 is 5.32 Å². The van der Waals surface area contributed by atoms with E-state index >= 15 is 0 Å². The Morgan fingerprint density at radius 2 is 2.20 bits per heavy atom. The highest BCUT2D eigenvalue weighted by molar-refractivity contribution is 7.12. The summed E-state index contributed by atoms with van der Waals surface area (Å²) in [5, 5.41) is 11.8. The highest BCUT2D eigenvalue weighted by Crippen LogP contribution is 2.23. The van der Waals surface area contributed by atoms with Crippen molar-refractivity contribution in [3.8, 4) is 0 Å². The molecule has 0 saturated heterocycles. The third kappa shape index (κ3) is 3.32. The van der Waals surface area contributed by atoms with Gasteiger partial charge in [0, 0.05) is 15.8 Å². The van der Waals surface area contributed by atoms with Crippen LogP contribution in [-0.4, -0.2) is 17.1 Å². The van der Waals surface area contributed by atoms with Crippen LogP contribution in [0.15, 0.2) is 12.1 Å². The van der Waals surface area contributed by atoms with E-state index in [2.05, 4.69) is 24.4 Å². The maximum Gasteiger partial charge on any atom is 0.320 e. The zero-order chi connectivity index (χ0) is 11.4. The van der Waals surface area contributed by atoms with Crippen LogP contribution in [0.25, 0.3) is 0 Å². The van der Waals surface area contributed by atoms with Crippen LogP contribution in [0, 0.1) is 0 Å². The zero-order valence-electron chi connectivity index (χ0n) is 9.28. The quantitative estimate of drug-likeness (QED) is 0.812. The second-order valence-corrected chi connectivity index (χ2v) is 4.81. The van der Waals surface area contributed by atoms with Gasteiger partial charge in [-0.2, -0.15) is 0 Å². The third-order valence-corrected chi connectivity index (χ3v) is 3.74. The Kier molecular flexibility index (Phi) is 4.29. The fourth-order valence-corrected chi connectivity index (χ4v) is 2.31. The molecular formula is C11H17NO2S. The number of hydrogen-bond donors (Lipinski definition) is 2. The largest absolute Gasteiger partial charge is 0.480 e. The van der Waals surface area contributed by atoms with Crippen LogP contribution >= 0.6 is 11.3 Å². The molecule has 1 heterocycles. The summed E-state index contributed by atoms with van der Waals surface area (Å²) in [5.74, 6) is -0.811. The fourth-order valence-electron chi connectivity index (χ4n) is 1.35. The number of aryl methyl sites for hydroxylation is 1. The molecule has 0 aliphatic heterocycles. The number of nitrogens with one attached hydrogen (secondary N) is 1. The molecule has 0 saturated carbocycles. The van der Waals surface area contributed by atoms with E-state index in [0.717, 1.165) is 6.42 Å². The smallest absolute Gasteiger partial charge is 0.320 e. The van der Waals surface area contributed by atoms with E-state index in [9.17, 15) is 4.79 Å². The summed E-state index contributed by atoms with van der Waals surface area (Å²) in [6.07, 6.45) is 1.03. The van der Waals surface area contributed by atoms with E-state index in [1.807, 2.05) is 6.92 Å². The minimum atomic E-state index is -0.811. The first kappa shape index (κ1) is 12.2. The lowest BCUT2D eigenvalue weighted by atomic mass is 10.2. The summed E-state index contributed by atoms with van der Waals surface area (Å²) in [7, 11) is 0. The Morgan fingerprint density at radius 1 is 1.53 bits per heavy atom. The van der Waals surface area contributed by atoms with Crippen molar-refractivity contribution in [3.05, 3.63) is 21.9 Å². The molecule has 2 N–H and O–H groups in total. The van der Waals surface area contributed by atoms with E-state index in [0.29, 0.717) is 0 Å². The van der Waals surface area contributed by atoms with Crippen molar-refractivity contribution in [3.63, 3.8) is 0 Å². The SMILES string of the molecule is CCc1ccc(C(C)NC(C)C(=O)O)s1. The van der Waals surface area contributed by atoms with Crippen LogP contribution in [-0.2, 0) is 11.2 Å². The van der Waals surface area contributed by atoms with Gasteiger partial charge in [-0.15, -0.1) is 11.3 Å². The molecule has 2 unspecified atom stereocenters. The minimum absolute atomic E-state index is 0.0985. The molecule has 0 radical (unpaired) electrons. The van der Waals surface area contributed by atoms with Gasteiger partial charge in [-0.1, -0.05) is 6.92 Å². The number of thiophene rings is 1. The molecule has 3 nitrogen and oxygen atoms in total. The van der Waals surface area contributed by atoms with Crippen LogP contribution in [0.2, 0.25) is 0 Å². The average Bonchev–Trinajstić information content (AvgIpc) is 2.65. The first-order valence-corrected chi connectivity index (χ1v) is 5.93. The molecule has 0 aromatic carbocycles. The number of carboxylic acid groups (broad SMARTS) is 1. The molecular weight excluding hydrogens is 210 g/mol. The van der Waals surface area contributed by atoms with Crippen molar-refractivity contribution < 1.29 is 9.90 Å². The number of carboxylic acids is 1. The lowest BCUT2D eigenvalue weighted by Crippen LogP contribution is -2.35. The number of rotatable bonds is 5. The van der Waals surface area contributed by atoms with Crippen molar-refractivity contribution in [2.24, 2.45) is 0 Å². The monoisotopic (exact) mass is 227 g/mol. The summed E-state index contributed by atoms with van der Waals surface area (Å²) in [5.41, 5.74) is 0. The van der Waals surface area contributed by atoms with Gasteiger partial charge in [-0.05, 0) is 32.4 Å². The normalized spacial score (nSPS) is 14.9. The van der Waals surface area contributed by atoms with Gasteiger partial charge in [0.25, 0.3) is 0 Å². The Hall–Kier alpha value is -0.870. The van der Waals surface area contributed by atoms with Gasteiger partial charge in [0.05, 0.1) is 0 Å². The van der Waals surface area contributed by atoms with Gasteiger partial charge in [0.15, 0.2) is 0 Å². The van der Waals surface area contributed by atoms with Crippen molar-refractivity contribution in [1.82, 2.24) is 5.32 Å². The van der Waals surface area contributed by atoms with Crippen LogP contribution in [0.5, 0.6) is 0 Å². The molecule has 4 heteroatoms. The Morgan fingerprint density at radius 3 is 2.67 bits per heavy atom. The molecule has 0 bridgehead atoms. The highest BCUT2D eigenvalue weighted by Gasteiger charge is 2.15. The van der Waals surface area contributed by atoms with Gasteiger partial charge < -0.3 is 5.11 Å². The van der Waals surface area contributed by atoms with Gasteiger partial charge >= 0.3 is 5.97 Å². The summed E-state index contributed by atoms with van der Waals surface area (Å²) >= 11 is 1.74. The molecule has 2 atom stereocenters. The number of hydrogen-bond acceptors (Lipinski definition) is 3. The van der Waals surface area contributed by atoms with Crippen molar-refractivity contribution in [2.75, 3.05) is 0 Å². The van der Waals surface area contributed by atoms with E-state index in [1.165, 1.54) is 9.75 Å². The Labute approximate surface area is 94.1 Å². The topological polar surface area (TPSA) is 49.3 Å². The first-order chi connectivity index (χ1) is 7.04. The molecule has 84 valence electrons. The lowest BCUT2D eigenvalue weighted by molar-refractivity contribution is -0.139. The zero-order valence-corrected chi connectivity index (χ0v) is 10.1. The van der Waals surface area contributed by atoms with Gasteiger partial charge in [0.2, 0.25) is 0 Å². The van der Waals surface area contributed by atoms with Gasteiger partial charge in [-0.25, -0.2) is 0 Å². The second kappa shape index (κ2) is 5.28. The average molecular weight is 227 g/mol. The maximum absolute atomic E-state index is 10.7. The van der Waals surface area contributed by atoms with E-state index in [1.54, 1.807) is 18.3 Å². The highest BCUT2D eigenvalue weighted by atomic mass is 32.1. The van der Waals surface area contributed by atoms with E-state index in [-0.39, 0.29) is 6.04 Å². The molecule has 0 aliphatic carbocycles. The number of carbonyl (C=O) groups is 1. The molecule has 1 aromatic rings. The molecule has 1 rings (SSSR count). The Bertz CT molecular complexity index is 335. The van der Waals surface area contributed by atoms with Crippen molar-refractivity contribution in [2.45, 2.75) is 39.3 Å². The van der Waals surface area contributed by atoms with Crippen LogP contribution in [0.1, 0.15) is 36.6 Å². The van der Waals surface area contributed by atoms with E-state index < -0.39 is 12.0 Å². The number of aliphatic carboxylic acids is 1. The summed E-state index contributed by atoms with van der Waals surface area (Å²) in [6.45, 7) is 5.77. The second-order valence-electron chi connectivity index (χ2n) is 3.61. The lowest BCUT2D eigenvalue weighted by Gasteiger charge is -2.15. The predicted octanol–water partition coefficient (Wildman–Crippen LogP) is 2.43. The standard InChI is InChI=1S/C11H17NO2S/c1-4-9-5-6-10(15-9)7(2)12-8(3)11(13)14/h5-8,12H,4H2,1-3H3,(H,13,14). The van der Waals surface area contributed by atoms with Gasteiger partial charge in [0.1, 0.15) is 6.04 Å². The molecule has 0 aliphatic rings. The summed E-state index contributed by atoms with van der Waals surface area (Å²) < 4.78 is 0. The fraction of sp³-hybridized carbons (Fsp3) is 0.545. The maximum atomic E-state index is 10.7. The molecule has 0 amide bonds. The first-order valence-electron chi connectivity index (χ1n) is 5.12. The molecule has 1 aromatic heterocycles. The Balaban J connectivity index is 2.60. The van der Waals surface area contributed by atoms with Crippen LogP contribution in [0.4, 0.5) is 0 Å². The summed E-state index contributed by atoms with van der Waals surface area (Å²) in [6, 6.07) is 3.76. The molecule has 0 fully saturated rings. The minimum Gasteiger partial charge on any atom is -0.480 e. The summed E-state index contributed by atoms with van der Waals surface area (Å²) in [4.78, 5) is 13.2. The molecule has 0 spiro atoms. The van der Waals surface area contributed by atoms with Crippen molar-refractivity contribution in [1.29, 1.82) is 0 Å². The third-order valence-electron chi connectivity index (χ3n) is 2.33. The van der Waals surface area contributed by atoms with Crippen LogP contribution in [0.3, 0.4) is 0 Å².